The highest BCUT2D eigenvalue weighted by Gasteiger charge is 2.14. The van der Waals surface area contributed by atoms with E-state index in [2.05, 4.69) is 4.72 Å². The van der Waals surface area contributed by atoms with E-state index >= 15 is 0 Å². The minimum absolute atomic E-state index is 0.123. The lowest BCUT2D eigenvalue weighted by Gasteiger charge is -2.06. The van der Waals surface area contributed by atoms with Gasteiger partial charge in [0.15, 0.2) is 0 Å². The van der Waals surface area contributed by atoms with Gasteiger partial charge in [0.1, 0.15) is 4.90 Å². The number of rotatable bonds is 3. The highest BCUT2D eigenvalue weighted by Crippen LogP contribution is 2.23. The van der Waals surface area contributed by atoms with Crippen LogP contribution < -0.4 is 10.5 Å². The molecule has 78 valence electrons. The predicted molar refractivity (Wildman–Crippen MR) is 58.9 cm³/mol. The second kappa shape index (κ2) is 4.20. The molecule has 0 aromatic heterocycles. The van der Waals surface area contributed by atoms with Gasteiger partial charge in [-0.15, -0.1) is 11.8 Å². The third-order valence-corrected chi connectivity index (χ3v) is 3.99. The standard InChI is InChI=1S/C8H12N2O2S2/c1-10-14(11,12)8-4-3-6(13-2)5-7(8)9/h3-5,10H,9H2,1-2H3. The van der Waals surface area contributed by atoms with E-state index in [1.54, 1.807) is 12.1 Å². The van der Waals surface area contributed by atoms with Crippen LogP contribution in [0.1, 0.15) is 0 Å². The molecule has 0 unspecified atom stereocenters. The molecule has 6 heteroatoms. The van der Waals surface area contributed by atoms with E-state index in [-0.39, 0.29) is 10.6 Å². The fourth-order valence-electron chi connectivity index (χ4n) is 1.01. The van der Waals surface area contributed by atoms with E-state index < -0.39 is 10.0 Å². The molecule has 1 rings (SSSR count). The molecule has 0 heterocycles. The Morgan fingerprint density at radius 1 is 1.43 bits per heavy atom. The molecule has 3 N–H and O–H groups in total. The molecule has 0 spiro atoms. The number of benzene rings is 1. The minimum Gasteiger partial charge on any atom is -0.398 e. The lowest BCUT2D eigenvalue weighted by molar-refractivity contribution is 0.588. The normalized spacial score (nSPS) is 11.6. The van der Waals surface area contributed by atoms with E-state index in [4.69, 9.17) is 5.73 Å². The van der Waals surface area contributed by atoms with Crippen molar-refractivity contribution in [3.63, 3.8) is 0 Å². The number of nitrogen functional groups attached to an aromatic ring is 1. The van der Waals surface area contributed by atoms with Crippen molar-refractivity contribution in [1.29, 1.82) is 0 Å². The van der Waals surface area contributed by atoms with Crippen molar-refractivity contribution < 1.29 is 8.42 Å². The minimum atomic E-state index is -3.44. The molecule has 0 fully saturated rings. The zero-order valence-corrected chi connectivity index (χ0v) is 9.58. The van der Waals surface area contributed by atoms with Crippen LogP contribution in [0, 0.1) is 0 Å². The van der Waals surface area contributed by atoms with Crippen LogP contribution in [0.25, 0.3) is 0 Å². The Morgan fingerprint density at radius 2 is 2.07 bits per heavy atom. The van der Waals surface area contributed by atoms with Crippen LogP contribution in [-0.4, -0.2) is 21.7 Å². The largest absolute Gasteiger partial charge is 0.398 e. The average molecular weight is 232 g/mol. The Bertz CT molecular complexity index is 429. The number of nitrogens with one attached hydrogen (secondary N) is 1. The number of hydrogen-bond acceptors (Lipinski definition) is 4. The van der Waals surface area contributed by atoms with E-state index in [1.807, 2.05) is 6.26 Å². The highest BCUT2D eigenvalue weighted by molar-refractivity contribution is 7.98. The third kappa shape index (κ3) is 2.20. The lowest BCUT2D eigenvalue weighted by atomic mass is 10.3. The first-order chi connectivity index (χ1) is 6.51. The summed E-state index contributed by atoms with van der Waals surface area (Å²) in [6.07, 6.45) is 1.90. The lowest BCUT2D eigenvalue weighted by Crippen LogP contribution is -2.19. The molecular formula is C8H12N2O2S2. The molecule has 0 bridgehead atoms. The van der Waals surface area contributed by atoms with Gasteiger partial charge in [-0.2, -0.15) is 0 Å². The molecule has 0 aliphatic rings. The molecule has 0 aliphatic heterocycles. The Balaban J connectivity index is 3.26. The van der Waals surface area contributed by atoms with Gasteiger partial charge < -0.3 is 5.73 Å². The molecule has 0 saturated heterocycles. The van der Waals surface area contributed by atoms with Crippen LogP contribution in [0.2, 0.25) is 0 Å². The van der Waals surface area contributed by atoms with Gasteiger partial charge in [-0.1, -0.05) is 0 Å². The molecule has 0 atom stereocenters. The van der Waals surface area contributed by atoms with Crippen molar-refractivity contribution in [2.45, 2.75) is 9.79 Å². The number of nitrogens with two attached hydrogens (primary N) is 1. The van der Waals surface area contributed by atoms with Gasteiger partial charge in [0.05, 0.1) is 5.69 Å². The summed E-state index contributed by atoms with van der Waals surface area (Å²) in [5, 5.41) is 0. The summed E-state index contributed by atoms with van der Waals surface area (Å²) in [7, 11) is -2.08. The Morgan fingerprint density at radius 3 is 2.50 bits per heavy atom. The molecule has 0 saturated carbocycles. The summed E-state index contributed by atoms with van der Waals surface area (Å²) >= 11 is 1.51. The van der Waals surface area contributed by atoms with E-state index in [9.17, 15) is 8.42 Å². The maximum atomic E-state index is 11.4. The van der Waals surface area contributed by atoms with Crippen molar-refractivity contribution in [3.8, 4) is 0 Å². The Kier molecular flexibility index (Phi) is 3.41. The van der Waals surface area contributed by atoms with Gasteiger partial charge >= 0.3 is 0 Å². The Labute approximate surface area is 87.9 Å². The van der Waals surface area contributed by atoms with Crippen molar-refractivity contribution in [3.05, 3.63) is 18.2 Å². The molecular weight excluding hydrogens is 220 g/mol. The molecule has 0 amide bonds. The summed E-state index contributed by atoms with van der Waals surface area (Å²) in [4.78, 5) is 1.07. The number of hydrogen-bond donors (Lipinski definition) is 2. The maximum absolute atomic E-state index is 11.4. The topological polar surface area (TPSA) is 72.2 Å². The molecule has 0 aliphatic carbocycles. The zero-order chi connectivity index (χ0) is 10.8. The average Bonchev–Trinajstić information content (AvgIpc) is 2.17. The van der Waals surface area contributed by atoms with Gasteiger partial charge in [-0.05, 0) is 31.5 Å². The van der Waals surface area contributed by atoms with Crippen molar-refractivity contribution >= 4 is 27.5 Å². The van der Waals surface area contributed by atoms with Gasteiger partial charge in [-0.3, -0.25) is 0 Å². The number of anilines is 1. The van der Waals surface area contributed by atoms with Crippen LogP contribution in [0.3, 0.4) is 0 Å². The predicted octanol–water partition coefficient (Wildman–Crippen LogP) is 0.899. The number of sulfonamides is 1. The third-order valence-electron chi connectivity index (χ3n) is 1.78. The van der Waals surface area contributed by atoms with Crippen LogP contribution >= 0.6 is 11.8 Å². The molecule has 1 aromatic carbocycles. The molecule has 14 heavy (non-hydrogen) atoms. The highest BCUT2D eigenvalue weighted by atomic mass is 32.2. The van der Waals surface area contributed by atoms with Crippen LogP contribution in [0.15, 0.2) is 28.0 Å². The fraction of sp³-hybridized carbons (Fsp3) is 0.250. The maximum Gasteiger partial charge on any atom is 0.242 e. The van der Waals surface area contributed by atoms with E-state index in [0.29, 0.717) is 0 Å². The van der Waals surface area contributed by atoms with Crippen LogP contribution in [-0.2, 0) is 10.0 Å². The monoisotopic (exact) mass is 232 g/mol. The van der Waals surface area contributed by atoms with Gasteiger partial charge in [0, 0.05) is 4.90 Å². The first-order valence-corrected chi connectivity index (χ1v) is 6.59. The summed E-state index contributed by atoms with van der Waals surface area (Å²) in [6, 6.07) is 4.88. The quantitative estimate of drug-likeness (QED) is 0.600. The molecule has 4 nitrogen and oxygen atoms in total. The Hall–Kier alpha value is -0.720. The van der Waals surface area contributed by atoms with E-state index in [0.717, 1.165) is 4.90 Å². The summed E-state index contributed by atoms with van der Waals surface area (Å²) < 4.78 is 25.1. The van der Waals surface area contributed by atoms with E-state index in [1.165, 1.54) is 24.9 Å². The van der Waals surface area contributed by atoms with Gasteiger partial charge in [-0.25, -0.2) is 13.1 Å². The zero-order valence-electron chi connectivity index (χ0n) is 7.94. The summed E-state index contributed by atoms with van der Waals surface area (Å²) in [6.45, 7) is 0. The first kappa shape index (κ1) is 11.4. The smallest absolute Gasteiger partial charge is 0.242 e. The van der Waals surface area contributed by atoms with Crippen LogP contribution in [0.5, 0.6) is 0 Å². The summed E-state index contributed by atoms with van der Waals surface area (Å²) in [5.74, 6) is 0. The molecule has 0 radical (unpaired) electrons. The number of thioether (sulfide) groups is 1. The van der Waals surface area contributed by atoms with Crippen molar-refractivity contribution in [2.24, 2.45) is 0 Å². The van der Waals surface area contributed by atoms with Gasteiger partial charge in [0.2, 0.25) is 10.0 Å². The van der Waals surface area contributed by atoms with Crippen molar-refractivity contribution in [2.75, 3.05) is 19.0 Å². The first-order valence-electron chi connectivity index (χ1n) is 3.88. The molecule has 1 aromatic rings. The van der Waals surface area contributed by atoms with Crippen LogP contribution in [0.4, 0.5) is 5.69 Å². The SMILES string of the molecule is CNS(=O)(=O)c1ccc(SC)cc1N. The second-order valence-corrected chi connectivity index (χ2v) is 5.35. The van der Waals surface area contributed by atoms with Crippen molar-refractivity contribution in [1.82, 2.24) is 4.72 Å². The van der Waals surface area contributed by atoms with Gasteiger partial charge in [0.25, 0.3) is 0 Å². The summed E-state index contributed by atoms with van der Waals surface area (Å²) in [5.41, 5.74) is 5.90. The fourth-order valence-corrected chi connectivity index (χ4v) is 2.29. The second-order valence-electron chi connectivity index (χ2n) is 2.61.